The van der Waals surface area contributed by atoms with Crippen molar-refractivity contribution in [3.05, 3.63) is 42.0 Å². The molecule has 1 saturated carbocycles. The summed E-state index contributed by atoms with van der Waals surface area (Å²) in [6, 6.07) is 8.42. The standard InChI is InChI=1S/C12H14O/c1-2-9-3-5-10(6-4-9)11-7-12(13)8-11/h2-6,11-13H,1,7-8H2/t11-,12+. The molecule has 0 radical (unpaired) electrons. The number of aliphatic hydroxyl groups excluding tert-OH is 1. The lowest BCUT2D eigenvalue weighted by Crippen LogP contribution is -2.26. The molecule has 1 N–H and O–H groups in total. The van der Waals surface area contributed by atoms with Crippen LogP contribution in [0.15, 0.2) is 30.8 Å². The van der Waals surface area contributed by atoms with Crippen LogP contribution >= 0.6 is 0 Å². The zero-order chi connectivity index (χ0) is 9.26. The van der Waals surface area contributed by atoms with Gasteiger partial charge in [-0.2, -0.15) is 0 Å². The summed E-state index contributed by atoms with van der Waals surface area (Å²) < 4.78 is 0. The second-order valence-electron chi connectivity index (χ2n) is 3.69. The maximum Gasteiger partial charge on any atom is 0.0552 e. The van der Waals surface area contributed by atoms with Crippen LogP contribution in [0.2, 0.25) is 0 Å². The fourth-order valence-electron chi connectivity index (χ4n) is 1.76. The van der Waals surface area contributed by atoms with E-state index in [2.05, 4.69) is 30.8 Å². The lowest BCUT2D eigenvalue weighted by Gasteiger charge is -2.31. The molecule has 0 heterocycles. The topological polar surface area (TPSA) is 20.2 Å². The Morgan fingerprint density at radius 2 is 1.85 bits per heavy atom. The summed E-state index contributed by atoms with van der Waals surface area (Å²) in [7, 11) is 0. The van der Waals surface area contributed by atoms with Gasteiger partial charge in [0.25, 0.3) is 0 Å². The number of benzene rings is 1. The lowest BCUT2D eigenvalue weighted by molar-refractivity contribution is 0.0746. The first-order valence-electron chi connectivity index (χ1n) is 4.70. The number of hydrogen-bond acceptors (Lipinski definition) is 1. The average molecular weight is 174 g/mol. The summed E-state index contributed by atoms with van der Waals surface area (Å²) in [5, 5.41) is 9.16. The third-order valence-corrected chi connectivity index (χ3v) is 2.76. The van der Waals surface area contributed by atoms with Crippen molar-refractivity contribution in [1.82, 2.24) is 0 Å². The molecule has 0 saturated heterocycles. The molecule has 1 fully saturated rings. The molecule has 1 aromatic rings. The highest BCUT2D eigenvalue weighted by Crippen LogP contribution is 2.36. The van der Waals surface area contributed by atoms with Gasteiger partial charge in [-0.1, -0.05) is 36.9 Å². The fourth-order valence-corrected chi connectivity index (χ4v) is 1.76. The first kappa shape index (κ1) is 8.52. The van der Waals surface area contributed by atoms with Crippen LogP contribution in [0.25, 0.3) is 6.08 Å². The summed E-state index contributed by atoms with van der Waals surface area (Å²) in [5.41, 5.74) is 2.50. The largest absolute Gasteiger partial charge is 0.393 e. The minimum Gasteiger partial charge on any atom is -0.393 e. The molecule has 1 aromatic carbocycles. The van der Waals surface area contributed by atoms with Gasteiger partial charge in [0.05, 0.1) is 6.10 Å². The van der Waals surface area contributed by atoms with E-state index in [1.165, 1.54) is 5.56 Å². The molecule has 0 spiro atoms. The number of aliphatic hydroxyl groups is 1. The van der Waals surface area contributed by atoms with Gasteiger partial charge in [-0.25, -0.2) is 0 Å². The molecular formula is C12H14O. The van der Waals surface area contributed by atoms with Crippen LogP contribution in [0.4, 0.5) is 0 Å². The van der Waals surface area contributed by atoms with Crippen LogP contribution in [0.5, 0.6) is 0 Å². The Balaban J connectivity index is 2.10. The second-order valence-corrected chi connectivity index (χ2v) is 3.69. The van der Waals surface area contributed by atoms with E-state index in [0.29, 0.717) is 5.92 Å². The fraction of sp³-hybridized carbons (Fsp3) is 0.333. The Bertz CT molecular complexity index is 293. The van der Waals surface area contributed by atoms with Gasteiger partial charge in [-0.3, -0.25) is 0 Å². The summed E-state index contributed by atoms with van der Waals surface area (Å²) in [6.07, 6.45) is 3.63. The van der Waals surface area contributed by atoms with Crippen LogP contribution in [0, 0.1) is 0 Å². The summed E-state index contributed by atoms with van der Waals surface area (Å²) >= 11 is 0. The smallest absolute Gasteiger partial charge is 0.0552 e. The third-order valence-electron chi connectivity index (χ3n) is 2.76. The van der Waals surface area contributed by atoms with Gasteiger partial charge in [0, 0.05) is 0 Å². The Hall–Kier alpha value is -1.08. The molecular weight excluding hydrogens is 160 g/mol. The minimum absolute atomic E-state index is 0.0657. The average Bonchev–Trinajstić information content (AvgIpc) is 2.13. The lowest BCUT2D eigenvalue weighted by atomic mass is 9.77. The predicted molar refractivity (Wildman–Crippen MR) is 54.5 cm³/mol. The maximum atomic E-state index is 9.16. The van der Waals surface area contributed by atoms with Gasteiger partial charge in [0.15, 0.2) is 0 Å². The molecule has 68 valence electrons. The molecule has 13 heavy (non-hydrogen) atoms. The first-order valence-corrected chi connectivity index (χ1v) is 4.70. The van der Waals surface area contributed by atoms with Gasteiger partial charge in [-0.05, 0) is 29.9 Å². The van der Waals surface area contributed by atoms with Crippen molar-refractivity contribution >= 4 is 6.08 Å². The molecule has 1 aliphatic rings. The zero-order valence-corrected chi connectivity index (χ0v) is 7.61. The number of rotatable bonds is 2. The van der Waals surface area contributed by atoms with Crippen molar-refractivity contribution in [2.75, 3.05) is 0 Å². The molecule has 1 heteroatoms. The molecule has 0 amide bonds. The van der Waals surface area contributed by atoms with Crippen molar-refractivity contribution < 1.29 is 5.11 Å². The van der Waals surface area contributed by atoms with Crippen molar-refractivity contribution in [2.24, 2.45) is 0 Å². The van der Waals surface area contributed by atoms with Crippen LogP contribution < -0.4 is 0 Å². The van der Waals surface area contributed by atoms with Crippen LogP contribution in [0.3, 0.4) is 0 Å². The van der Waals surface area contributed by atoms with Gasteiger partial charge in [0.1, 0.15) is 0 Å². The molecule has 1 aliphatic carbocycles. The predicted octanol–water partition coefficient (Wildman–Crippen LogP) is 2.57. The van der Waals surface area contributed by atoms with E-state index in [9.17, 15) is 0 Å². The van der Waals surface area contributed by atoms with E-state index in [-0.39, 0.29) is 6.10 Å². The van der Waals surface area contributed by atoms with Gasteiger partial charge >= 0.3 is 0 Å². The van der Waals surface area contributed by atoms with Gasteiger partial charge < -0.3 is 5.11 Å². The molecule has 0 aliphatic heterocycles. The zero-order valence-electron chi connectivity index (χ0n) is 7.61. The Labute approximate surface area is 78.7 Å². The number of hydrogen-bond donors (Lipinski definition) is 1. The van der Waals surface area contributed by atoms with Crippen LogP contribution in [-0.2, 0) is 0 Å². The highest BCUT2D eigenvalue weighted by molar-refractivity contribution is 5.47. The Morgan fingerprint density at radius 1 is 1.23 bits per heavy atom. The van der Waals surface area contributed by atoms with Crippen LogP contribution in [-0.4, -0.2) is 11.2 Å². The Morgan fingerprint density at radius 3 is 2.31 bits per heavy atom. The first-order chi connectivity index (χ1) is 6.29. The summed E-state index contributed by atoms with van der Waals surface area (Å²) in [6.45, 7) is 3.71. The van der Waals surface area contributed by atoms with E-state index in [0.717, 1.165) is 18.4 Å². The van der Waals surface area contributed by atoms with Gasteiger partial charge in [0.2, 0.25) is 0 Å². The van der Waals surface area contributed by atoms with E-state index in [1.807, 2.05) is 6.08 Å². The Kier molecular flexibility index (Phi) is 2.19. The molecule has 0 unspecified atom stereocenters. The summed E-state index contributed by atoms with van der Waals surface area (Å²) in [5.74, 6) is 0.578. The quantitative estimate of drug-likeness (QED) is 0.730. The minimum atomic E-state index is -0.0657. The van der Waals surface area contributed by atoms with Crippen molar-refractivity contribution in [3.8, 4) is 0 Å². The second kappa shape index (κ2) is 3.35. The SMILES string of the molecule is C=Cc1ccc([C@H]2C[C@@H](O)C2)cc1. The van der Waals surface area contributed by atoms with E-state index >= 15 is 0 Å². The molecule has 0 atom stereocenters. The van der Waals surface area contributed by atoms with Crippen molar-refractivity contribution in [1.29, 1.82) is 0 Å². The van der Waals surface area contributed by atoms with E-state index < -0.39 is 0 Å². The molecule has 1 nitrogen and oxygen atoms in total. The van der Waals surface area contributed by atoms with Crippen LogP contribution in [0.1, 0.15) is 29.9 Å². The monoisotopic (exact) mass is 174 g/mol. The summed E-state index contributed by atoms with van der Waals surface area (Å²) in [4.78, 5) is 0. The highest BCUT2D eigenvalue weighted by atomic mass is 16.3. The van der Waals surface area contributed by atoms with Crippen molar-refractivity contribution in [2.45, 2.75) is 24.9 Å². The third kappa shape index (κ3) is 1.65. The van der Waals surface area contributed by atoms with E-state index in [4.69, 9.17) is 5.11 Å². The molecule has 0 aromatic heterocycles. The highest BCUT2D eigenvalue weighted by Gasteiger charge is 2.27. The van der Waals surface area contributed by atoms with E-state index in [1.54, 1.807) is 0 Å². The van der Waals surface area contributed by atoms with Gasteiger partial charge in [-0.15, -0.1) is 0 Å². The maximum absolute atomic E-state index is 9.16. The molecule has 2 rings (SSSR count). The van der Waals surface area contributed by atoms with Crippen molar-refractivity contribution in [3.63, 3.8) is 0 Å². The normalized spacial score (nSPS) is 26.5. The molecule has 0 bridgehead atoms.